The summed E-state index contributed by atoms with van der Waals surface area (Å²) >= 11 is 0. The first kappa shape index (κ1) is 15.4. The van der Waals surface area contributed by atoms with Crippen molar-refractivity contribution in [2.45, 2.75) is 39.0 Å². The minimum atomic E-state index is 0.0851. The van der Waals surface area contributed by atoms with Gasteiger partial charge in [0.05, 0.1) is 17.5 Å². The lowest BCUT2D eigenvalue weighted by atomic mass is 9.85. The van der Waals surface area contributed by atoms with Gasteiger partial charge in [0.25, 0.3) is 0 Å². The maximum absolute atomic E-state index is 12.4. The second-order valence-corrected chi connectivity index (χ2v) is 7.43. The molecule has 5 nitrogen and oxygen atoms in total. The highest BCUT2D eigenvalue weighted by Crippen LogP contribution is 2.33. The minimum absolute atomic E-state index is 0.0851. The van der Waals surface area contributed by atoms with E-state index in [9.17, 15) is 4.79 Å². The van der Waals surface area contributed by atoms with Crippen LogP contribution in [0.4, 0.5) is 5.95 Å². The summed E-state index contributed by atoms with van der Waals surface area (Å²) in [6, 6.07) is 3.82. The van der Waals surface area contributed by atoms with Crippen LogP contribution in [0.2, 0.25) is 0 Å². The largest absolute Gasteiger partial charge is 0.469 e. The zero-order chi connectivity index (χ0) is 16.7. The molecule has 0 unspecified atom stereocenters. The number of piperidine rings is 1. The van der Waals surface area contributed by atoms with Gasteiger partial charge in [-0.15, -0.1) is 0 Å². The van der Waals surface area contributed by atoms with Gasteiger partial charge in [-0.05, 0) is 30.4 Å². The quantitative estimate of drug-likeness (QED) is 0.846. The first-order valence-electron chi connectivity index (χ1n) is 8.77. The van der Waals surface area contributed by atoms with Gasteiger partial charge in [-0.2, -0.15) is 0 Å². The zero-order valence-corrected chi connectivity index (χ0v) is 14.2. The normalized spacial score (nSPS) is 27.2. The topological polar surface area (TPSA) is 59.2 Å². The number of hydrogen-bond acceptors (Lipinski definition) is 5. The molecule has 24 heavy (non-hydrogen) atoms. The number of hydrogen-bond donors (Lipinski definition) is 0. The van der Waals surface area contributed by atoms with Gasteiger partial charge < -0.3 is 9.32 Å². The number of furan rings is 1. The average molecular weight is 325 g/mol. The molecule has 3 heterocycles. The van der Waals surface area contributed by atoms with Gasteiger partial charge in [-0.1, -0.05) is 13.8 Å². The van der Waals surface area contributed by atoms with E-state index in [1.807, 2.05) is 12.1 Å². The Kier molecular flexibility index (Phi) is 3.87. The number of fused-ring (bicyclic) bond motifs is 1. The molecular formula is C19H23N3O2. The highest BCUT2D eigenvalue weighted by atomic mass is 16.3. The Bertz CT molecular complexity index is 731. The van der Waals surface area contributed by atoms with Gasteiger partial charge in [0.1, 0.15) is 5.76 Å². The predicted molar refractivity (Wildman–Crippen MR) is 91.3 cm³/mol. The standard InChI is InChI=1S/C19H23N3O2/c1-12-6-13(2)11-22(10-12)19-20-9-15-16(21-19)7-14(8-17(15)23)18-4-3-5-24-18/h3-5,9,12-14H,6-8,10-11H2,1-2H3/t12-,13-,14+/m1/s1. The maximum Gasteiger partial charge on any atom is 0.225 e. The molecule has 1 aliphatic carbocycles. The van der Waals surface area contributed by atoms with Crippen molar-refractivity contribution in [2.75, 3.05) is 18.0 Å². The van der Waals surface area contributed by atoms with E-state index in [-0.39, 0.29) is 11.7 Å². The van der Waals surface area contributed by atoms with Gasteiger partial charge in [0.15, 0.2) is 5.78 Å². The van der Waals surface area contributed by atoms with Gasteiger partial charge >= 0.3 is 0 Å². The number of carbonyl (C=O) groups is 1. The average Bonchev–Trinajstić information content (AvgIpc) is 3.08. The Labute approximate surface area is 142 Å². The van der Waals surface area contributed by atoms with Crippen LogP contribution in [-0.4, -0.2) is 28.8 Å². The summed E-state index contributed by atoms with van der Waals surface area (Å²) in [5.74, 6) is 3.12. The highest BCUT2D eigenvalue weighted by Gasteiger charge is 2.31. The Morgan fingerprint density at radius 1 is 1.21 bits per heavy atom. The van der Waals surface area contributed by atoms with E-state index in [2.05, 4.69) is 23.7 Å². The lowest BCUT2D eigenvalue weighted by Crippen LogP contribution is -2.40. The van der Waals surface area contributed by atoms with Crippen LogP contribution in [0.5, 0.6) is 0 Å². The molecule has 126 valence electrons. The molecular weight excluding hydrogens is 302 g/mol. The molecule has 0 saturated carbocycles. The van der Waals surface area contributed by atoms with Gasteiger partial charge in [0, 0.05) is 38.0 Å². The lowest BCUT2D eigenvalue weighted by Gasteiger charge is -2.35. The third kappa shape index (κ3) is 2.83. The van der Waals surface area contributed by atoms with Crippen LogP contribution in [0.25, 0.3) is 0 Å². The summed E-state index contributed by atoms with van der Waals surface area (Å²) in [5.41, 5.74) is 1.54. The van der Waals surface area contributed by atoms with Crippen LogP contribution in [0.1, 0.15) is 54.4 Å². The fourth-order valence-electron chi connectivity index (χ4n) is 4.14. The molecule has 0 N–H and O–H groups in total. The number of nitrogens with zero attached hydrogens (tertiary/aromatic N) is 3. The van der Waals surface area contributed by atoms with E-state index in [1.165, 1.54) is 6.42 Å². The van der Waals surface area contributed by atoms with E-state index < -0.39 is 0 Å². The molecule has 0 bridgehead atoms. The molecule has 2 aromatic heterocycles. The molecule has 1 saturated heterocycles. The summed E-state index contributed by atoms with van der Waals surface area (Å²) in [6.07, 6.45) is 5.85. The summed E-state index contributed by atoms with van der Waals surface area (Å²) in [4.78, 5) is 24.0. The Morgan fingerprint density at radius 3 is 2.71 bits per heavy atom. The highest BCUT2D eigenvalue weighted by molar-refractivity contribution is 5.98. The molecule has 2 aromatic rings. The van der Waals surface area contributed by atoms with E-state index >= 15 is 0 Å². The second kappa shape index (κ2) is 6.04. The van der Waals surface area contributed by atoms with Crippen LogP contribution >= 0.6 is 0 Å². The number of rotatable bonds is 2. The van der Waals surface area contributed by atoms with Crippen molar-refractivity contribution in [2.24, 2.45) is 11.8 Å². The van der Waals surface area contributed by atoms with Crippen molar-refractivity contribution >= 4 is 11.7 Å². The zero-order valence-electron chi connectivity index (χ0n) is 14.2. The van der Waals surface area contributed by atoms with Crippen LogP contribution in [0.15, 0.2) is 29.0 Å². The second-order valence-electron chi connectivity index (χ2n) is 7.43. The molecule has 4 rings (SSSR count). The monoisotopic (exact) mass is 325 g/mol. The molecule has 2 aliphatic rings. The smallest absolute Gasteiger partial charge is 0.225 e. The Morgan fingerprint density at radius 2 is 2.00 bits per heavy atom. The van der Waals surface area contributed by atoms with Crippen molar-refractivity contribution in [1.29, 1.82) is 0 Å². The van der Waals surface area contributed by atoms with E-state index in [0.717, 1.165) is 36.9 Å². The third-order valence-electron chi connectivity index (χ3n) is 5.12. The number of carbonyl (C=O) groups excluding carboxylic acids is 1. The van der Waals surface area contributed by atoms with Crippen LogP contribution in [-0.2, 0) is 6.42 Å². The van der Waals surface area contributed by atoms with Crippen molar-refractivity contribution in [1.82, 2.24) is 9.97 Å². The molecule has 0 amide bonds. The Hall–Kier alpha value is -2.17. The molecule has 1 fully saturated rings. The SMILES string of the molecule is C[C@@H]1C[C@@H](C)CN(c2ncc3c(n2)C[C@H](c2ccco2)CC3=O)C1. The van der Waals surface area contributed by atoms with Crippen molar-refractivity contribution < 1.29 is 9.21 Å². The molecule has 0 aromatic carbocycles. The number of Topliss-reactive ketones (excluding diaryl/α,β-unsaturated/α-hetero) is 1. The fourth-order valence-corrected chi connectivity index (χ4v) is 4.14. The Balaban J connectivity index is 1.62. The van der Waals surface area contributed by atoms with E-state index in [1.54, 1.807) is 12.5 Å². The predicted octanol–water partition coefficient (Wildman–Crippen LogP) is 3.46. The maximum atomic E-state index is 12.4. The summed E-state index contributed by atoms with van der Waals surface area (Å²) in [5, 5.41) is 0. The van der Waals surface area contributed by atoms with Crippen molar-refractivity contribution in [3.63, 3.8) is 0 Å². The van der Waals surface area contributed by atoms with Gasteiger partial charge in [-0.25, -0.2) is 9.97 Å². The first-order valence-corrected chi connectivity index (χ1v) is 8.77. The minimum Gasteiger partial charge on any atom is -0.469 e. The molecule has 0 spiro atoms. The number of aromatic nitrogens is 2. The fraction of sp³-hybridized carbons (Fsp3) is 0.526. The number of anilines is 1. The van der Waals surface area contributed by atoms with Crippen molar-refractivity contribution in [3.8, 4) is 0 Å². The third-order valence-corrected chi connectivity index (χ3v) is 5.12. The number of ketones is 1. The molecule has 3 atom stereocenters. The van der Waals surface area contributed by atoms with E-state index in [4.69, 9.17) is 9.40 Å². The van der Waals surface area contributed by atoms with E-state index in [0.29, 0.717) is 23.8 Å². The van der Waals surface area contributed by atoms with Crippen LogP contribution < -0.4 is 4.90 Å². The van der Waals surface area contributed by atoms with Gasteiger partial charge in [0.2, 0.25) is 5.95 Å². The van der Waals surface area contributed by atoms with Crippen LogP contribution in [0, 0.1) is 11.8 Å². The molecule has 5 heteroatoms. The van der Waals surface area contributed by atoms with Gasteiger partial charge in [-0.3, -0.25) is 4.79 Å². The van der Waals surface area contributed by atoms with Crippen molar-refractivity contribution in [3.05, 3.63) is 41.6 Å². The summed E-state index contributed by atoms with van der Waals surface area (Å²) in [6.45, 7) is 6.52. The first-order chi connectivity index (χ1) is 11.6. The molecule has 0 radical (unpaired) electrons. The van der Waals surface area contributed by atoms with Crippen LogP contribution in [0.3, 0.4) is 0 Å². The summed E-state index contributed by atoms with van der Waals surface area (Å²) in [7, 11) is 0. The molecule has 1 aliphatic heterocycles. The lowest BCUT2D eigenvalue weighted by molar-refractivity contribution is 0.0958. The summed E-state index contributed by atoms with van der Waals surface area (Å²) < 4.78 is 5.50.